The monoisotopic (exact) mass is 430 g/mol. The van der Waals surface area contributed by atoms with E-state index in [1.54, 1.807) is 30.5 Å². The van der Waals surface area contributed by atoms with E-state index in [4.69, 9.17) is 9.47 Å². The molecule has 1 atom stereocenters. The largest absolute Gasteiger partial charge is 0.454 e. The number of rotatable bonds is 5. The quantitative estimate of drug-likeness (QED) is 0.446. The summed E-state index contributed by atoms with van der Waals surface area (Å²) in [6, 6.07) is 14.0. The van der Waals surface area contributed by atoms with Gasteiger partial charge < -0.3 is 25.1 Å². The van der Waals surface area contributed by atoms with Crippen LogP contribution in [0, 0.1) is 5.92 Å². The van der Waals surface area contributed by atoms with Crippen LogP contribution < -0.4 is 20.1 Å². The van der Waals surface area contributed by atoms with Crippen molar-refractivity contribution in [3.05, 3.63) is 60.4 Å². The highest BCUT2D eigenvalue weighted by atomic mass is 16.7. The summed E-state index contributed by atoms with van der Waals surface area (Å²) >= 11 is 0. The molecule has 8 nitrogen and oxygen atoms in total. The minimum Gasteiger partial charge on any atom is -0.454 e. The maximum Gasteiger partial charge on any atom is 0.270 e. The third-order valence-corrected chi connectivity index (χ3v) is 5.50. The van der Waals surface area contributed by atoms with E-state index < -0.39 is 11.9 Å². The molecule has 162 valence electrons. The lowest BCUT2D eigenvalue weighted by molar-refractivity contribution is -0.118. The van der Waals surface area contributed by atoms with Gasteiger partial charge in [0.25, 0.3) is 5.91 Å². The van der Waals surface area contributed by atoms with Crippen molar-refractivity contribution < 1.29 is 19.1 Å². The molecule has 0 radical (unpaired) electrons. The van der Waals surface area contributed by atoms with Gasteiger partial charge >= 0.3 is 0 Å². The van der Waals surface area contributed by atoms with Crippen molar-refractivity contribution in [2.24, 2.45) is 5.92 Å². The minimum atomic E-state index is -0.742. The topological polar surface area (TPSA) is 105 Å². The predicted octanol–water partition coefficient (Wildman–Crippen LogP) is 3.84. The molecule has 0 saturated heterocycles. The molecular formula is C24H22N4O4. The third kappa shape index (κ3) is 3.60. The Morgan fingerprint density at radius 1 is 1.00 bits per heavy atom. The Labute approximate surface area is 183 Å². The average molecular weight is 430 g/mol. The van der Waals surface area contributed by atoms with Gasteiger partial charge in [-0.25, -0.2) is 4.98 Å². The van der Waals surface area contributed by atoms with Crippen LogP contribution >= 0.6 is 0 Å². The van der Waals surface area contributed by atoms with Crippen LogP contribution in [0.5, 0.6) is 11.5 Å². The summed E-state index contributed by atoms with van der Waals surface area (Å²) in [7, 11) is 0. The zero-order valence-electron chi connectivity index (χ0n) is 17.6. The second-order valence-corrected chi connectivity index (χ2v) is 8.04. The molecule has 0 saturated carbocycles. The van der Waals surface area contributed by atoms with Crippen LogP contribution in [-0.2, 0) is 4.79 Å². The SMILES string of the molecule is CC(C)C(NC(=O)c1cc2c(cn1)[nH]c1ccccc12)C(=O)Nc1ccc2c(c1)OCO2. The summed E-state index contributed by atoms with van der Waals surface area (Å²) in [6.07, 6.45) is 1.64. The van der Waals surface area contributed by atoms with Gasteiger partial charge in [0, 0.05) is 28.0 Å². The van der Waals surface area contributed by atoms with Crippen LogP contribution in [0.3, 0.4) is 0 Å². The van der Waals surface area contributed by atoms with E-state index in [9.17, 15) is 9.59 Å². The first-order chi connectivity index (χ1) is 15.5. The molecule has 2 amide bonds. The number of para-hydroxylation sites is 1. The molecule has 2 aromatic carbocycles. The van der Waals surface area contributed by atoms with Crippen molar-refractivity contribution in [2.45, 2.75) is 19.9 Å². The van der Waals surface area contributed by atoms with E-state index in [0.717, 1.165) is 21.8 Å². The third-order valence-electron chi connectivity index (χ3n) is 5.50. The van der Waals surface area contributed by atoms with Crippen molar-refractivity contribution in [1.82, 2.24) is 15.3 Å². The molecule has 0 aliphatic carbocycles. The number of nitrogens with one attached hydrogen (secondary N) is 3. The van der Waals surface area contributed by atoms with E-state index in [1.807, 2.05) is 38.1 Å². The van der Waals surface area contributed by atoms with Crippen LogP contribution in [0.2, 0.25) is 0 Å². The number of aromatic amines is 1. The Kier molecular flexibility index (Phi) is 4.89. The van der Waals surface area contributed by atoms with Gasteiger partial charge in [0.2, 0.25) is 12.7 Å². The second-order valence-electron chi connectivity index (χ2n) is 8.04. The van der Waals surface area contributed by atoms with E-state index in [1.165, 1.54) is 0 Å². The molecule has 0 spiro atoms. The Hall–Kier alpha value is -4.07. The summed E-state index contributed by atoms with van der Waals surface area (Å²) in [5, 5.41) is 7.60. The summed E-state index contributed by atoms with van der Waals surface area (Å²) < 4.78 is 10.7. The fourth-order valence-electron chi connectivity index (χ4n) is 3.82. The van der Waals surface area contributed by atoms with Gasteiger partial charge in [-0.2, -0.15) is 0 Å². The number of fused-ring (bicyclic) bond motifs is 4. The van der Waals surface area contributed by atoms with Crippen LogP contribution in [0.1, 0.15) is 24.3 Å². The lowest BCUT2D eigenvalue weighted by Crippen LogP contribution is -2.47. The first-order valence-corrected chi connectivity index (χ1v) is 10.4. The van der Waals surface area contributed by atoms with E-state index in [-0.39, 0.29) is 24.3 Å². The van der Waals surface area contributed by atoms with Gasteiger partial charge in [0.05, 0.1) is 11.7 Å². The van der Waals surface area contributed by atoms with Crippen molar-refractivity contribution >= 4 is 39.3 Å². The molecule has 8 heteroatoms. The smallest absolute Gasteiger partial charge is 0.270 e. The van der Waals surface area contributed by atoms with Gasteiger partial charge in [-0.3, -0.25) is 9.59 Å². The number of pyridine rings is 1. The molecule has 3 N–H and O–H groups in total. The van der Waals surface area contributed by atoms with Crippen molar-refractivity contribution in [2.75, 3.05) is 12.1 Å². The van der Waals surface area contributed by atoms with Crippen LogP contribution in [0.15, 0.2) is 54.7 Å². The van der Waals surface area contributed by atoms with Crippen molar-refractivity contribution in [3.63, 3.8) is 0 Å². The molecule has 1 aliphatic heterocycles. The number of aromatic nitrogens is 2. The summed E-state index contributed by atoms with van der Waals surface area (Å²) in [4.78, 5) is 33.5. The zero-order chi connectivity index (χ0) is 22.2. The molecule has 32 heavy (non-hydrogen) atoms. The first kappa shape index (κ1) is 19.9. The minimum absolute atomic E-state index is 0.134. The maximum atomic E-state index is 13.0. The van der Waals surface area contributed by atoms with Crippen LogP contribution in [0.4, 0.5) is 5.69 Å². The number of H-pyrrole nitrogens is 1. The lowest BCUT2D eigenvalue weighted by Gasteiger charge is -2.21. The maximum absolute atomic E-state index is 13.0. The van der Waals surface area contributed by atoms with E-state index >= 15 is 0 Å². The van der Waals surface area contributed by atoms with Gasteiger partial charge in [-0.1, -0.05) is 32.0 Å². The van der Waals surface area contributed by atoms with Gasteiger partial charge in [-0.05, 0) is 30.2 Å². The molecule has 5 rings (SSSR count). The number of ether oxygens (including phenoxy) is 2. The summed E-state index contributed by atoms with van der Waals surface area (Å²) in [5.41, 5.74) is 2.65. The number of carbonyl (C=O) groups excluding carboxylic acids is 2. The van der Waals surface area contributed by atoms with E-state index in [2.05, 4.69) is 20.6 Å². The molecule has 0 fully saturated rings. The van der Waals surface area contributed by atoms with Gasteiger partial charge in [0.1, 0.15) is 11.7 Å². The van der Waals surface area contributed by atoms with Gasteiger partial charge in [-0.15, -0.1) is 0 Å². The number of hydrogen-bond donors (Lipinski definition) is 3. The Bertz CT molecular complexity index is 1340. The Morgan fingerprint density at radius 3 is 2.66 bits per heavy atom. The molecule has 3 heterocycles. The summed E-state index contributed by atoms with van der Waals surface area (Å²) in [6.45, 7) is 3.91. The Morgan fingerprint density at radius 2 is 1.81 bits per heavy atom. The molecule has 0 bridgehead atoms. The number of carbonyl (C=O) groups is 2. The normalized spacial score (nSPS) is 13.5. The van der Waals surface area contributed by atoms with E-state index in [0.29, 0.717) is 17.2 Å². The van der Waals surface area contributed by atoms with Crippen LogP contribution in [0.25, 0.3) is 21.8 Å². The zero-order valence-corrected chi connectivity index (χ0v) is 17.6. The fraction of sp³-hybridized carbons (Fsp3) is 0.208. The summed E-state index contributed by atoms with van der Waals surface area (Å²) in [5.74, 6) is 0.349. The average Bonchev–Trinajstić information content (AvgIpc) is 3.40. The number of benzene rings is 2. The molecule has 1 unspecified atom stereocenters. The number of anilines is 1. The Balaban J connectivity index is 1.36. The highest BCUT2D eigenvalue weighted by molar-refractivity contribution is 6.09. The number of amides is 2. The van der Waals surface area contributed by atoms with Crippen LogP contribution in [-0.4, -0.2) is 34.6 Å². The number of hydrogen-bond acceptors (Lipinski definition) is 5. The van der Waals surface area contributed by atoms with Gasteiger partial charge in [0.15, 0.2) is 11.5 Å². The molecular weight excluding hydrogens is 408 g/mol. The van der Waals surface area contributed by atoms with Crippen molar-refractivity contribution in [1.29, 1.82) is 0 Å². The fourth-order valence-corrected chi connectivity index (χ4v) is 3.82. The molecule has 2 aromatic heterocycles. The standard InChI is InChI=1S/C24H22N4O4/c1-13(2)22(24(30)26-14-7-8-20-21(9-14)32-12-31-20)28-23(29)18-10-16-15-5-3-4-6-17(15)27-19(16)11-25-18/h3-11,13,22,27H,12H2,1-2H3,(H,26,30)(H,28,29). The molecule has 4 aromatic rings. The second kappa shape index (κ2) is 7.88. The number of nitrogens with zero attached hydrogens (tertiary/aromatic N) is 1. The van der Waals surface area contributed by atoms with Crippen molar-refractivity contribution in [3.8, 4) is 11.5 Å². The lowest BCUT2D eigenvalue weighted by atomic mass is 10.0. The highest BCUT2D eigenvalue weighted by Crippen LogP contribution is 2.34. The molecule has 1 aliphatic rings. The first-order valence-electron chi connectivity index (χ1n) is 10.4. The predicted molar refractivity (Wildman–Crippen MR) is 121 cm³/mol. The highest BCUT2D eigenvalue weighted by Gasteiger charge is 2.26.